The third-order valence-electron chi connectivity index (χ3n) is 1.93. The van der Waals surface area contributed by atoms with E-state index in [9.17, 15) is 9.70 Å². The van der Waals surface area contributed by atoms with Gasteiger partial charge in [0.25, 0.3) is 0 Å². The maximum absolute atomic E-state index is 11.4. The van der Waals surface area contributed by atoms with E-state index in [0.717, 1.165) is 0 Å². The number of ether oxygens (including phenoxy) is 2. The molecule has 0 saturated carbocycles. The van der Waals surface area contributed by atoms with Gasteiger partial charge in [-0.25, -0.2) is 9.78 Å². The summed E-state index contributed by atoms with van der Waals surface area (Å²) in [6.45, 7) is 3.04. The molecule has 1 rings (SSSR count). The first-order chi connectivity index (χ1) is 7.90. The van der Waals surface area contributed by atoms with Crippen LogP contribution in [0, 0.1) is 4.91 Å². The maximum Gasteiger partial charge on any atom is 0.349 e. The Kier molecular flexibility index (Phi) is 4.17. The predicted octanol–water partition coefficient (Wildman–Crippen LogP) is 2.57. The number of carbonyl (C=O) groups excluding carboxylic acids is 1. The maximum atomic E-state index is 11.4. The van der Waals surface area contributed by atoms with Gasteiger partial charge in [0, 0.05) is 16.7 Å². The molecular formula is C10H11BrN2O4. The quantitative estimate of drug-likeness (QED) is 0.631. The zero-order valence-electron chi connectivity index (χ0n) is 9.56. The molecular weight excluding hydrogens is 292 g/mol. The minimum atomic E-state index is -1.23. The first-order valence-electron chi connectivity index (χ1n) is 4.67. The summed E-state index contributed by atoms with van der Waals surface area (Å²) in [6, 6.07) is 1.51. The molecule has 1 aromatic rings. The molecule has 1 heterocycles. The van der Waals surface area contributed by atoms with Crippen LogP contribution in [0.1, 0.15) is 13.8 Å². The smallest absolute Gasteiger partial charge is 0.349 e. The normalized spacial score (nSPS) is 10.8. The molecule has 0 N–H and O–H groups in total. The van der Waals surface area contributed by atoms with Crippen molar-refractivity contribution in [3.63, 3.8) is 0 Å². The van der Waals surface area contributed by atoms with E-state index in [0.29, 0.717) is 4.47 Å². The number of nitroso groups, excluding NO2 is 1. The Morgan fingerprint density at radius 2 is 2.18 bits per heavy atom. The number of esters is 1. The number of pyridine rings is 1. The van der Waals surface area contributed by atoms with Gasteiger partial charge in [0.05, 0.1) is 7.11 Å². The number of halogens is 1. The highest BCUT2D eigenvalue weighted by molar-refractivity contribution is 9.10. The van der Waals surface area contributed by atoms with Gasteiger partial charge >= 0.3 is 5.97 Å². The van der Waals surface area contributed by atoms with Gasteiger partial charge in [-0.1, -0.05) is 0 Å². The van der Waals surface area contributed by atoms with E-state index in [-0.39, 0.29) is 11.6 Å². The van der Waals surface area contributed by atoms with Crippen molar-refractivity contribution in [2.75, 3.05) is 7.11 Å². The van der Waals surface area contributed by atoms with Crippen LogP contribution in [0.5, 0.6) is 5.75 Å². The Balaban J connectivity index is 3.05. The number of methoxy groups -OCH3 is 1. The van der Waals surface area contributed by atoms with Gasteiger partial charge < -0.3 is 9.47 Å². The van der Waals surface area contributed by atoms with Crippen LogP contribution < -0.4 is 4.74 Å². The van der Waals surface area contributed by atoms with Crippen molar-refractivity contribution in [1.82, 2.24) is 4.98 Å². The lowest BCUT2D eigenvalue weighted by atomic mass is 10.1. The number of aromatic nitrogens is 1. The van der Waals surface area contributed by atoms with Crippen molar-refractivity contribution in [3.05, 3.63) is 21.6 Å². The highest BCUT2D eigenvalue weighted by Crippen LogP contribution is 2.31. The Morgan fingerprint density at radius 3 is 2.71 bits per heavy atom. The third kappa shape index (κ3) is 3.23. The Hall–Kier alpha value is -1.50. The van der Waals surface area contributed by atoms with Crippen LogP contribution in [0.3, 0.4) is 0 Å². The van der Waals surface area contributed by atoms with E-state index in [4.69, 9.17) is 4.74 Å². The fourth-order valence-electron chi connectivity index (χ4n) is 1.12. The summed E-state index contributed by atoms with van der Waals surface area (Å²) in [6.07, 6.45) is 1.41. The fourth-order valence-corrected chi connectivity index (χ4v) is 1.43. The van der Waals surface area contributed by atoms with E-state index >= 15 is 0 Å². The molecule has 0 aliphatic carbocycles. The average Bonchev–Trinajstić information content (AvgIpc) is 2.27. The summed E-state index contributed by atoms with van der Waals surface area (Å²) < 4.78 is 10.6. The Bertz CT molecular complexity index is 448. The van der Waals surface area contributed by atoms with E-state index in [1.54, 1.807) is 0 Å². The first-order valence-corrected chi connectivity index (χ1v) is 5.46. The van der Waals surface area contributed by atoms with Gasteiger partial charge in [-0.15, -0.1) is 4.91 Å². The molecule has 0 spiro atoms. The topological polar surface area (TPSA) is 77.8 Å². The minimum absolute atomic E-state index is 0.116. The fraction of sp³-hybridized carbons (Fsp3) is 0.400. The molecule has 0 unspecified atom stereocenters. The average molecular weight is 303 g/mol. The molecule has 0 aliphatic rings. The standard InChI is InChI=1S/C10H11BrN2O4/c1-10(2,9(14)16-3)17-7-4-6(11)5-12-8(7)13-15/h4-5H,1-3H3. The molecule has 0 amide bonds. The molecule has 0 fully saturated rings. The van der Waals surface area contributed by atoms with E-state index in [1.165, 1.54) is 33.2 Å². The lowest BCUT2D eigenvalue weighted by Gasteiger charge is -2.23. The van der Waals surface area contributed by atoms with Crippen LogP contribution >= 0.6 is 15.9 Å². The molecule has 0 aromatic carbocycles. The molecule has 1 aromatic heterocycles. The summed E-state index contributed by atoms with van der Waals surface area (Å²) in [5, 5.41) is 2.72. The second-order valence-electron chi connectivity index (χ2n) is 3.67. The second-order valence-corrected chi connectivity index (χ2v) is 4.59. The van der Waals surface area contributed by atoms with E-state index in [1.807, 2.05) is 0 Å². The highest BCUT2D eigenvalue weighted by atomic mass is 79.9. The molecule has 0 radical (unpaired) electrons. The molecule has 6 nitrogen and oxygen atoms in total. The minimum Gasteiger partial charge on any atom is -0.472 e. The second kappa shape index (κ2) is 5.22. The van der Waals surface area contributed by atoms with Crippen molar-refractivity contribution in [1.29, 1.82) is 0 Å². The van der Waals surface area contributed by atoms with Crippen molar-refractivity contribution in [2.24, 2.45) is 5.18 Å². The third-order valence-corrected chi connectivity index (χ3v) is 2.36. The molecule has 7 heteroatoms. The molecule has 0 saturated heterocycles. The van der Waals surface area contributed by atoms with Crippen LogP contribution in [0.2, 0.25) is 0 Å². The van der Waals surface area contributed by atoms with Crippen molar-refractivity contribution < 1.29 is 14.3 Å². The monoisotopic (exact) mass is 302 g/mol. The van der Waals surface area contributed by atoms with E-state index < -0.39 is 11.6 Å². The summed E-state index contributed by atoms with van der Waals surface area (Å²) in [5.74, 6) is -0.565. The zero-order chi connectivity index (χ0) is 13.1. The van der Waals surface area contributed by atoms with Crippen LogP contribution in [0.15, 0.2) is 21.9 Å². The summed E-state index contributed by atoms with van der Waals surface area (Å²) >= 11 is 3.18. The Morgan fingerprint density at radius 1 is 1.53 bits per heavy atom. The lowest BCUT2D eigenvalue weighted by Crippen LogP contribution is -2.39. The first kappa shape index (κ1) is 13.6. The number of hydrogen-bond donors (Lipinski definition) is 0. The van der Waals surface area contributed by atoms with Gasteiger partial charge in [-0.3, -0.25) is 0 Å². The molecule has 17 heavy (non-hydrogen) atoms. The molecule has 0 aliphatic heterocycles. The van der Waals surface area contributed by atoms with Crippen LogP contribution in [-0.4, -0.2) is 23.7 Å². The molecule has 0 bridgehead atoms. The Labute approximate surface area is 106 Å². The number of carbonyl (C=O) groups is 1. The van der Waals surface area contributed by atoms with Crippen LogP contribution in [0.4, 0.5) is 5.82 Å². The van der Waals surface area contributed by atoms with Crippen LogP contribution in [0.25, 0.3) is 0 Å². The van der Waals surface area contributed by atoms with E-state index in [2.05, 4.69) is 30.8 Å². The number of rotatable bonds is 4. The van der Waals surface area contributed by atoms with Gasteiger partial charge in [0.1, 0.15) is 0 Å². The lowest BCUT2D eigenvalue weighted by molar-refractivity contribution is -0.156. The zero-order valence-corrected chi connectivity index (χ0v) is 11.1. The summed E-state index contributed by atoms with van der Waals surface area (Å²) in [7, 11) is 1.26. The van der Waals surface area contributed by atoms with Gasteiger partial charge in [0.2, 0.25) is 5.82 Å². The van der Waals surface area contributed by atoms with Crippen molar-refractivity contribution in [3.8, 4) is 5.75 Å². The predicted molar refractivity (Wildman–Crippen MR) is 64.1 cm³/mol. The van der Waals surface area contributed by atoms with Crippen molar-refractivity contribution in [2.45, 2.75) is 19.4 Å². The van der Waals surface area contributed by atoms with Crippen LogP contribution in [-0.2, 0) is 9.53 Å². The number of hydrogen-bond acceptors (Lipinski definition) is 6. The SMILES string of the molecule is COC(=O)C(C)(C)Oc1cc(Br)cnc1N=O. The van der Waals surface area contributed by atoms with Gasteiger partial charge in [0.15, 0.2) is 11.4 Å². The van der Waals surface area contributed by atoms with Gasteiger partial charge in [-0.2, -0.15) is 0 Å². The summed E-state index contributed by atoms with van der Waals surface area (Å²) in [4.78, 5) is 25.7. The van der Waals surface area contributed by atoms with Gasteiger partial charge in [-0.05, 0) is 35.0 Å². The largest absolute Gasteiger partial charge is 0.472 e. The summed E-state index contributed by atoms with van der Waals surface area (Å²) in [5.41, 5.74) is -1.23. The molecule has 92 valence electrons. The highest BCUT2D eigenvalue weighted by Gasteiger charge is 2.32. The number of nitrogens with zero attached hydrogens (tertiary/aromatic N) is 2. The van der Waals surface area contributed by atoms with Crippen molar-refractivity contribution >= 4 is 27.7 Å². The molecule has 0 atom stereocenters.